The van der Waals surface area contributed by atoms with E-state index in [0.29, 0.717) is 66.5 Å². The summed E-state index contributed by atoms with van der Waals surface area (Å²) in [6.07, 6.45) is 0.705. The van der Waals surface area contributed by atoms with Gasteiger partial charge in [0.1, 0.15) is 36.2 Å². The first-order chi connectivity index (χ1) is 31.2. The quantitative estimate of drug-likeness (QED) is 0.131. The fourth-order valence-corrected chi connectivity index (χ4v) is 8.25. The lowest BCUT2D eigenvalue weighted by Gasteiger charge is -2.26. The van der Waals surface area contributed by atoms with Gasteiger partial charge in [0.2, 0.25) is 0 Å². The van der Waals surface area contributed by atoms with Crippen LogP contribution in [-0.4, -0.2) is 35.0 Å². The molecule has 10 nitrogen and oxygen atoms in total. The third-order valence-electron chi connectivity index (χ3n) is 11.3. The Balaban J connectivity index is 1.55. The van der Waals surface area contributed by atoms with E-state index in [1.165, 1.54) is 13.8 Å². The summed E-state index contributed by atoms with van der Waals surface area (Å²) >= 11 is 12.6. The van der Waals surface area contributed by atoms with Crippen LogP contribution in [0.4, 0.5) is 22.7 Å². The average Bonchev–Trinajstić information content (AvgIpc) is 3.23. The van der Waals surface area contributed by atoms with Crippen LogP contribution in [0.2, 0.25) is 10.0 Å². The van der Waals surface area contributed by atoms with Crippen molar-refractivity contribution in [3.05, 3.63) is 163 Å². The average molecular weight is 926 g/mol. The highest BCUT2D eigenvalue weighted by Gasteiger charge is 2.27. The number of ether oxygens (including phenoxy) is 2. The molecule has 6 aromatic carbocycles. The Labute approximate surface area is 396 Å². The lowest BCUT2D eigenvalue weighted by Crippen LogP contribution is -2.16. The van der Waals surface area contributed by atoms with Crippen LogP contribution in [0.5, 0.6) is 23.0 Å². The van der Waals surface area contributed by atoms with Crippen LogP contribution in [0, 0.1) is 0 Å². The fraction of sp³-hybridized carbons (Fsp3) is 0.296. The van der Waals surface area contributed by atoms with Gasteiger partial charge in [-0.1, -0.05) is 101 Å². The number of phenols is 2. The summed E-state index contributed by atoms with van der Waals surface area (Å²) in [6.45, 7) is 15.2. The molecular weight excluding hydrogens is 872 g/mol. The van der Waals surface area contributed by atoms with Crippen molar-refractivity contribution in [2.75, 3.05) is 13.2 Å². The molecule has 0 heterocycles. The van der Waals surface area contributed by atoms with E-state index in [1.54, 1.807) is 72.8 Å². The summed E-state index contributed by atoms with van der Waals surface area (Å²) < 4.78 is 12.9. The Kier molecular flexibility index (Phi) is 14.2. The summed E-state index contributed by atoms with van der Waals surface area (Å²) in [4.78, 5) is 25.2. The number of nitrogens with zero attached hydrogens (tertiary/aromatic N) is 4. The summed E-state index contributed by atoms with van der Waals surface area (Å²) in [6, 6.07) is 29.5. The van der Waals surface area contributed by atoms with E-state index < -0.39 is 0 Å². The van der Waals surface area contributed by atoms with Crippen LogP contribution in [0.3, 0.4) is 0 Å². The lowest BCUT2D eigenvalue weighted by molar-refractivity contribution is -0.119. The molecule has 0 radical (unpaired) electrons. The summed E-state index contributed by atoms with van der Waals surface area (Å²) in [5.74, 6) is 0.668. The molecule has 0 amide bonds. The fourth-order valence-electron chi connectivity index (χ4n) is 7.88. The molecule has 1 aliphatic carbocycles. The maximum Gasteiger partial charge on any atom is 0.167 e. The summed E-state index contributed by atoms with van der Waals surface area (Å²) in [5, 5.41) is 44.2. The molecule has 1 aliphatic rings. The number of fused-ring (bicyclic) bond motifs is 8. The monoisotopic (exact) mass is 924 g/mol. The first-order valence-corrected chi connectivity index (χ1v) is 22.6. The molecule has 0 spiro atoms. The number of ketones is 2. The zero-order chi connectivity index (χ0) is 47.5. The second-order valence-electron chi connectivity index (χ2n) is 19.0. The Morgan fingerprint density at radius 2 is 0.788 bits per heavy atom. The number of phenolic OH excluding ortho intramolecular Hbond substituents is 2. The highest BCUT2D eigenvalue weighted by molar-refractivity contribution is 6.31. The molecule has 66 heavy (non-hydrogen) atoms. The molecule has 0 saturated carbocycles. The summed E-state index contributed by atoms with van der Waals surface area (Å²) in [7, 11) is 0. The number of carbonyl (C=O) groups excluding carboxylic acids is 2. The van der Waals surface area contributed by atoms with Gasteiger partial charge in [-0.25, -0.2) is 0 Å². The zero-order valence-electron chi connectivity index (χ0n) is 38.6. The van der Waals surface area contributed by atoms with Crippen LogP contribution in [-0.2, 0) is 46.1 Å². The largest absolute Gasteiger partial charge is 0.507 e. The van der Waals surface area contributed by atoms with Gasteiger partial charge in [-0.15, -0.1) is 0 Å². The number of benzene rings is 6. The maximum atomic E-state index is 12.6. The highest BCUT2D eigenvalue weighted by Crippen LogP contribution is 2.44. The molecule has 0 aliphatic heterocycles. The molecule has 6 aromatic rings. The van der Waals surface area contributed by atoms with E-state index in [2.05, 4.69) is 86.3 Å². The minimum atomic E-state index is -0.340. The molecule has 340 valence electrons. The number of azo groups is 2. The van der Waals surface area contributed by atoms with E-state index in [-0.39, 0.29) is 72.8 Å². The molecule has 0 fully saturated rings. The number of carbonyl (C=O) groups is 2. The van der Waals surface area contributed by atoms with E-state index in [1.807, 2.05) is 0 Å². The molecule has 0 unspecified atom stereocenters. The molecule has 0 saturated heterocycles. The normalized spacial score (nSPS) is 13.0. The number of hydrogen-bond acceptors (Lipinski definition) is 10. The Morgan fingerprint density at radius 1 is 0.485 bits per heavy atom. The van der Waals surface area contributed by atoms with Gasteiger partial charge in [-0.3, -0.25) is 9.59 Å². The minimum Gasteiger partial charge on any atom is -0.507 e. The molecule has 12 heteroatoms. The number of Topliss-reactive ketones (excluding diaryl/α,β-unsaturated/α-hetero) is 2. The zero-order valence-corrected chi connectivity index (χ0v) is 40.1. The standard InChI is InChI=1S/C54H54Cl2N4O6/c1-31(61)29-65-51-37-15-33-23-47(59-57-45-13-9-11-43(55)27-45)25-35(49(33)63)17-39-21-42(54(6,7)8)22-40(52(39)66-30-32(2)62)18-36-26-48(60-58-46-14-10-12-44(56)28-46)24-34(50(36)64)16-38(51)20-41(19-37)53(3,4)5/h9-14,19-28,63-64H,15-18,29-30H2,1-8H3. The SMILES string of the molecule is CC(=O)COc1c2cc(C(C)(C)C)cc1Cc1cc(N=Nc3cccc(Cl)c3)cc(c1O)Cc1cc(C(C)(C)C)cc(c1OCC(C)=O)Cc1cc(N=Nc3cccc(Cl)c3)cc(c1O)C2. The topological polar surface area (TPSA) is 142 Å². The molecule has 0 aromatic heterocycles. The highest BCUT2D eigenvalue weighted by atomic mass is 35.5. The van der Waals surface area contributed by atoms with Crippen molar-refractivity contribution in [1.29, 1.82) is 0 Å². The minimum absolute atomic E-state index is 0.0434. The van der Waals surface area contributed by atoms with Crippen LogP contribution in [0.1, 0.15) is 111 Å². The molecule has 0 atom stereocenters. The van der Waals surface area contributed by atoms with Gasteiger partial charge in [0.05, 0.1) is 22.7 Å². The van der Waals surface area contributed by atoms with Gasteiger partial charge in [-0.05, 0) is 119 Å². The predicted octanol–water partition coefficient (Wildman–Crippen LogP) is 14.4. The second-order valence-corrected chi connectivity index (χ2v) is 19.9. The van der Waals surface area contributed by atoms with Gasteiger partial charge >= 0.3 is 0 Å². The number of aromatic hydroxyl groups is 2. The predicted molar refractivity (Wildman–Crippen MR) is 261 cm³/mol. The van der Waals surface area contributed by atoms with Crippen molar-refractivity contribution < 1.29 is 29.3 Å². The van der Waals surface area contributed by atoms with Crippen molar-refractivity contribution in [3.63, 3.8) is 0 Å². The third-order valence-corrected chi connectivity index (χ3v) is 11.7. The molecule has 7 rings (SSSR count). The van der Waals surface area contributed by atoms with E-state index >= 15 is 0 Å². The third kappa shape index (κ3) is 11.7. The van der Waals surface area contributed by atoms with Gasteiger partial charge in [0.15, 0.2) is 11.6 Å². The van der Waals surface area contributed by atoms with E-state index in [0.717, 1.165) is 33.4 Å². The van der Waals surface area contributed by atoms with Gasteiger partial charge in [0.25, 0.3) is 0 Å². The molecule has 2 N–H and O–H groups in total. The van der Waals surface area contributed by atoms with Gasteiger partial charge in [-0.2, -0.15) is 20.5 Å². The Bertz CT molecular complexity index is 2620. The molecular formula is C54H54Cl2N4O6. The van der Waals surface area contributed by atoms with Crippen molar-refractivity contribution in [2.24, 2.45) is 20.5 Å². The van der Waals surface area contributed by atoms with Gasteiger partial charge < -0.3 is 19.7 Å². The van der Waals surface area contributed by atoms with Crippen molar-refractivity contribution in [1.82, 2.24) is 0 Å². The first-order valence-electron chi connectivity index (χ1n) is 21.8. The lowest BCUT2D eigenvalue weighted by atomic mass is 9.81. The number of hydrogen-bond donors (Lipinski definition) is 2. The van der Waals surface area contributed by atoms with E-state index in [9.17, 15) is 19.8 Å². The Morgan fingerprint density at radius 3 is 1.06 bits per heavy atom. The number of rotatable bonds is 10. The first kappa shape index (κ1) is 47.6. The van der Waals surface area contributed by atoms with Crippen LogP contribution < -0.4 is 9.47 Å². The number of halogens is 2. The molecule has 8 bridgehead atoms. The van der Waals surface area contributed by atoms with Crippen molar-refractivity contribution in [2.45, 2.75) is 91.9 Å². The van der Waals surface area contributed by atoms with Crippen LogP contribution >= 0.6 is 23.2 Å². The van der Waals surface area contributed by atoms with Crippen molar-refractivity contribution in [3.8, 4) is 23.0 Å². The van der Waals surface area contributed by atoms with Crippen LogP contribution in [0.25, 0.3) is 0 Å². The van der Waals surface area contributed by atoms with Gasteiger partial charge in [0, 0.05) is 58.0 Å². The van der Waals surface area contributed by atoms with Crippen molar-refractivity contribution >= 4 is 57.5 Å². The van der Waals surface area contributed by atoms with E-state index in [4.69, 9.17) is 32.7 Å². The second kappa shape index (κ2) is 19.6. The summed E-state index contributed by atoms with van der Waals surface area (Å²) in [5.41, 5.74) is 8.38. The maximum absolute atomic E-state index is 12.6. The van der Waals surface area contributed by atoms with Crippen LogP contribution in [0.15, 0.2) is 118 Å². The Hall–Kier alpha value is -6.36. The smallest absolute Gasteiger partial charge is 0.167 e.